The molecule has 0 bridgehead atoms. The second-order valence-electron chi connectivity index (χ2n) is 17.9. The summed E-state index contributed by atoms with van der Waals surface area (Å²) in [6.45, 7) is 10.7. The smallest absolute Gasteiger partial charge is 0.0467 e. The first-order valence-electron chi connectivity index (χ1n) is 18.4. The second-order valence-corrected chi connectivity index (χ2v) is 17.9. The Balaban J connectivity index is 1.02. The highest BCUT2D eigenvalue weighted by Crippen LogP contribution is 2.67. The van der Waals surface area contributed by atoms with Crippen LogP contribution < -0.4 is 0 Å². The molecule has 2 heteroatoms. The molecule has 40 heavy (non-hydrogen) atoms. The summed E-state index contributed by atoms with van der Waals surface area (Å²) in [7, 11) is 0. The second kappa shape index (κ2) is 9.42. The number of hydrogen-bond donors (Lipinski definition) is 0. The maximum absolute atomic E-state index is 5.32. The fraction of sp³-hybridized carbons (Fsp3) is 0.947. The van der Waals surface area contributed by atoms with Gasteiger partial charge in [0, 0.05) is 22.3 Å². The molecule has 0 aromatic heterocycles. The van der Waals surface area contributed by atoms with Crippen LogP contribution in [0.3, 0.4) is 0 Å². The highest BCUT2D eigenvalue weighted by Gasteiger charge is 2.61. The van der Waals surface area contributed by atoms with Crippen molar-refractivity contribution in [3.8, 4) is 0 Å². The summed E-state index contributed by atoms with van der Waals surface area (Å²) in [6.07, 6.45) is 29.0. The van der Waals surface area contributed by atoms with Gasteiger partial charge in [-0.25, -0.2) is 0 Å². The summed E-state index contributed by atoms with van der Waals surface area (Å²) < 4.78 is 0. The Bertz CT molecular complexity index is 989. The molecule has 8 aliphatic carbocycles. The molecule has 8 saturated carbocycles. The van der Waals surface area contributed by atoms with Crippen LogP contribution in [-0.2, 0) is 0 Å². The molecule has 12 atom stereocenters. The maximum Gasteiger partial charge on any atom is 0.0467 e. The summed E-state index contributed by atoms with van der Waals surface area (Å²) in [5.41, 5.74) is 4.96. The van der Waals surface area contributed by atoms with E-state index in [4.69, 9.17) is 10.2 Å². The molecule has 0 heterocycles. The monoisotopic (exact) mass is 544 g/mol. The highest BCUT2D eigenvalue weighted by molar-refractivity contribution is 5.95. The number of nitrogens with zero attached hydrogens (tertiary/aromatic N) is 2. The van der Waals surface area contributed by atoms with Crippen LogP contribution in [0.1, 0.15) is 156 Å². The molecule has 222 valence electrons. The van der Waals surface area contributed by atoms with Crippen molar-refractivity contribution in [2.75, 3.05) is 0 Å². The average molecular weight is 545 g/mol. The molecule has 2 nitrogen and oxygen atoms in total. The standard InChI is InChI=1S/C38H60N2/c1-35-21-7-5-9-25(35)11-13-27-29-15-17-33(37(29,3)23-19-31(27)35)39-40-34-18-16-30-28-14-12-26-10-6-8-22-36(26,2)32(28)20-24-38(30,34)4/h25-32H,5-24H2,1-4H3/b39-33-,40-34-/t25-,26-,27-,28+,29-,30-,31-,32-,35+,36+,37+,38+/m1/s1. The molecule has 0 aliphatic heterocycles. The summed E-state index contributed by atoms with van der Waals surface area (Å²) in [6, 6.07) is 0. The predicted octanol–water partition coefficient (Wildman–Crippen LogP) is 10.6. The molecule has 0 unspecified atom stereocenters. The molecule has 0 spiro atoms. The van der Waals surface area contributed by atoms with Gasteiger partial charge in [-0.05, 0) is 161 Å². The molecule has 0 aromatic carbocycles. The van der Waals surface area contributed by atoms with Gasteiger partial charge in [0.1, 0.15) is 0 Å². The molecule has 0 radical (unpaired) electrons. The first kappa shape index (κ1) is 26.9. The van der Waals surface area contributed by atoms with Crippen molar-refractivity contribution in [2.24, 2.45) is 79.2 Å². The molecule has 8 fully saturated rings. The minimum Gasteiger partial charge on any atom is -0.160 e. The van der Waals surface area contributed by atoms with Crippen molar-refractivity contribution >= 4 is 11.4 Å². The first-order valence-corrected chi connectivity index (χ1v) is 18.4. The van der Waals surface area contributed by atoms with E-state index in [1.54, 1.807) is 0 Å². The minimum atomic E-state index is 0.327. The van der Waals surface area contributed by atoms with Gasteiger partial charge in [0.2, 0.25) is 0 Å². The van der Waals surface area contributed by atoms with Crippen molar-refractivity contribution in [1.82, 2.24) is 0 Å². The van der Waals surface area contributed by atoms with Crippen molar-refractivity contribution < 1.29 is 0 Å². The summed E-state index contributed by atoms with van der Waals surface area (Å²) in [4.78, 5) is 0. The third kappa shape index (κ3) is 3.64. The van der Waals surface area contributed by atoms with E-state index in [-0.39, 0.29) is 0 Å². The Hall–Kier alpha value is -0.660. The Morgan fingerprint density at radius 3 is 1.35 bits per heavy atom. The van der Waals surface area contributed by atoms with E-state index in [2.05, 4.69) is 27.7 Å². The van der Waals surface area contributed by atoms with Crippen LogP contribution in [0.25, 0.3) is 0 Å². The third-order valence-electron chi connectivity index (χ3n) is 16.9. The van der Waals surface area contributed by atoms with Crippen LogP contribution >= 0.6 is 0 Å². The van der Waals surface area contributed by atoms with Crippen molar-refractivity contribution in [1.29, 1.82) is 0 Å². The van der Waals surface area contributed by atoms with Gasteiger partial charge in [-0.1, -0.05) is 53.4 Å². The van der Waals surface area contributed by atoms with Crippen LogP contribution in [0.15, 0.2) is 10.2 Å². The van der Waals surface area contributed by atoms with Gasteiger partial charge < -0.3 is 0 Å². The predicted molar refractivity (Wildman–Crippen MR) is 168 cm³/mol. The topological polar surface area (TPSA) is 24.7 Å². The van der Waals surface area contributed by atoms with Gasteiger partial charge >= 0.3 is 0 Å². The molecule has 0 N–H and O–H groups in total. The SMILES string of the molecule is C[C@]12CCCC[C@@H]1CC[C@@H]1[C@H]2CC[C@]2(C)/C(=N\N=C3\CC[C@@H]4[C@H]5CC[C@H]6CCCC[C@]6(C)[C@@H]5CC[C@]34C)CC[C@H]12. The third-order valence-corrected chi connectivity index (χ3v) is 16.9. The Morgan fingerprint density at radius 1 is 0.450 bits per heavy atom. The zero-order chi connectivity index (χ0) is 27.3. The van der Waals surface area contributed by atoms with E-state index in [1.165, 1.54) is 140 Å². The van der Waals surface area contributed by atoms with E-state index >= 15 is 0 Å². The molecule has 8 rings (SSSR count). The van der Waals surface area contributed by atoms with Crippen LogP contribution in [0, 0.1) is 69.0 Å². The lowest BCUT2D eigenvalue weighted by Gasteiger charge is -2.60. The first-order chi connectivity index (χ1) is 19.3. The fourth-order valence-electron chi connectivity index (χ4n) is 14.6. The molecular weight excluding hydrogens is 484 g/mol. The van der Waals surface area contributed by atoms with E-state index in [1.807, 2.05) is 0 Å². The van der Waals surface area contributed by atoms with E-state index in [0.717, 1.165) is 47.3 Å². The van der Waals surface area contributed by atoms with Crippen LogP contribution in [0.5, 0.6) is 0 Å². The molecule has 0 aromatic rings. The normalized spacial score (nSPS) is 57.5. The molecular formula is C38H60N2. The summed E-state index contributed by atoms with van der Waals surface area (Å²) in [5, 5.41) is 10.6. The van der Waals surface area contributed by atoms with Crippen molar-refractivity contribution in [2.45, 2.75) is 156 Å². The minimum absolute atomic E-state index is 0.327. The maximum atomic E-state index is 5.32. The van der Waals surface area contributed by atoms with Gasteiger partial charge in [-0.3, -0.25) is 0 Å². The summed E-state index contributed by atoms with van der Waals surface area (Å²) in [5.74, 6) is 7.68. The number of hydrogen-bond acceptors (Lipinski definition) is 2. The van der Waals surface area contributed by atoms with Crippen molar-refractivity contribution in [3.63, 3.8) is 0 Å². The average Bonchev–Trinajstić information content (AvgIpc) is 3.47. The zero-order valence-electron chi connectivity index (χ0n) is 26.7. The quantitative estimate of drug-likeness (QED) is 0.293. The van der Waals surface area contributed by atoms with Crippen LogP contribution in [-0.4, -0.2) is 11.4 Å². The van der Waals surface area contributed by atoms with Crippen LogP contribution in [0.4, 0.5) is 0 Å². The van der Waals surface area contributed by atoms with Crippen molar-refractivity contribution in [3.05, 3.63) is 0 Å². The van der Waals surface area contributed by atoms with E-state index in [0.29, 0.717) is 21.7 Å². The van der Waals surface area contributed by atoms with Gasteiger partial charge in [-0.2, -0.15) is 10.2 Å². The van der Waals surface area contributed by atoms with Gasteiger partial charge in [-0.15, -0.1) is 0 Å². The Morgan fingerprint density at radius 2 is 0.900 bits per heavy atom. The lowest BCUT2D eigenvalue weighted by molar-refractivity contribution is -0.0938. The van der Waals surface area contributed by atoms with Gasteiger partial charge in [0.15, 0.2) is 0 Å². The fourth-order valence-corrected chi connectivity index (χ4v) is 14.6. The van der Waals surface area contributed by atoms with Gasteiger partial charge in [0.25, 0.3) is 0 Å². The van der Waals surface area contributed by atoms with E-state index < -0.39 is 0 Å². The van der Waals surface area contributed by atoms with Crippen LogP contribution in [0.2, 0.25) is 0 Å². The zero-order valence-corrected chi connectivity index (χ0v) is 26.7. The Kier molecular flexibility index (Phi) is 6.34. The van der Waals surface area contributed by atoms with E-state index in [9.17, 15) is 0 Å². The van der Waals surface area contributed by atoms with Gasteiger partial charge in [0.05, 0.1) is 0 Å². The lowest BCUT2D eigenvalue weighted by Crippen LogP contribution is -2.53. The summed E-state index contributed by atoms with van der Waals surface area (Å²) >= 11 is 0. The molecule has 8 aliphatic rings. The number of fused-ring (bicyclic) bond motifs is 10. The highest BCUT2D eigenvalue weighted by atomic mass is 15.2. The molecule has 0 amide bonds. The lowest BCUT2D eigenvalue weighted by atomic mass is 9.45. The Labute approximate surface area is 246 Å². The molecule has 0 saturated heterocycles. The number of rotatable bonds is 1. The largest absolute Gasteiger partial charge is 0.160 e.